The van der Waals surface area contributed by atoms with Crippen LogP contribution in [0.2, 0.25) is 0 Å². The van der Waals surface area contributed by atoms with Crippen molar-refractivity contribution in [2.45, 2.75) is 41.5 Å². The van der Waals surface area contributed by atoms with Gasteiger partial charge in [0.05, 0.1) is 11.4 Å². The van der Waals surface area contributed by atoms with E-state index in [1.807, 2.05) is 50.6 Å². The molecule has 0 aromatic carbocycles. The Labute approximate surface area is 187 Å². The van der Waals surface area contributed by atoms with E-state index in [1.165, 1.54) is 22.3 Å². The van der Waals surface area contributed by atoms with Gasteiger partial charge in [-0.1, -0.05) is 49.3 Å². The van der Waals surface area contributed by atoms with Crippen LogP contribution in [0.3, 0.4) is 0 Å². The Bertz CT molecular complexity index is 982. The molecule has 0 radical (unpaired) electrons. The van der Waals surface area contributed by atoms with E-state index in [0.29, 0.717) is 0 Å². The first-order valence-corrected chi connectivity index (χ1v) is 9.41. The maximum absolute atomic E-state index is 4.43. The van der Waals surface area contributed by atoms with E-state index in [0.717, 1.165) is 34.2 Å². The van der Waals surface area contributed by atoms with E-state index < -0.39 is 0 Å². The Morgan fingerprint density at radius 3 is 1.28 bits per heavy atom. The van der Waals surface area contributed by atoms with Crippen molar-refractivity contribution in [3.63, 3.8) is 0 Å². The molecule has 2 aromatic rings. The summed E-state index contributed by atoms with van der Waals surface area (Å²) in [6, 6.07) is 4.17. The van der Waals surface area contributed by atoms with Crippen LogP contribution in [-0.4, -0.2) is 12.4 Å². The minimum absolute atomic E-state index is 0. The zero-order valence-electron chi connectivity index (χ0n) is 17.7. The predicted octanol–water partition coefficient (Wildman–Crippen LogP) is 5.26. The van der Waals surface area contributed by atoms with E-state index in [-0.39, 0.29) is 20.4 Å². The van der Waals surface area contributed by atoms with Crippen molar-refractivity contribution in [3.8, 4) is 0 Å². The molecule has 4 heterocycles. The van der Waals surface area contributed by atoms with Gasteiger partial charge in [0.2, 0.25) is 0 Å². The monoisotopic (exact) mass is 476 g/mol. The number of hydrogen-bond donors (Lipinski definition) is 0. The maximum Gasteiger partial charge on any atom is 2.00 e. The van der Waals surface area contributed by atoms with Crippen LogP contribution >= 0.6 is 0 Å². The molecule has 0 atom stereocenters. The predicted molar refractivity (Wildman–Crippen MR) is 119 cm³/mol. The van der Waals surface area contributed by atoms with Gasteiger partial charge in [0.1, 0.15) is 0 Å². The van der Waals surface area contributed by atoms with Gasteiger partial charge in [0.15, 0.2) is 0 Å². The Hall–Kier alpha value is -2.48. The number of aromatic nitrogens is 2. The number of allylic oxidation sites excluding steroid dienone is 4. The van der Waals surface area contributed by atoms with Gasteiger partial charge in [-0.15, -0.1) is 11.4 Å². The van der Waals surface area contributed by atoms with Crippen molar-refractivity contribution in [2.75, 3.05) is 0 Å². The first kappa shape index (κ1) is 22.8. The SMILES string of the molecule is CC1=CC=N/C1=C\c1[n-]c(C)cc1C.CC1=CC=N/C1=C\c1[n-]c(C)cc1C.[Pd+2]. The molecule has 2 aliphatic rings. The maximum atomic E-state index is 4.43. The van der Waals surface area contributed by atoms with Gasteiger partial charge in [-0.3, -0.25) is 9.98 Å². The van der Waals surface area contributed by atoms with Gasteiger partial charge >= 0.3 is 20.4 Å². The second-order valence-electron chi connectivity index (χ2n) is 7.25. The largest absolute Gasteiger partial charge is 2.00 e. The van der Waals surface area contributed by atoms with Gasteiger partial charge in [0, 0.05) is 12.4 Å². The number of rotatable bonds is 2. The average molecular weight is 477 g/mol. The Morgan fingerprint density at radius 2 is 1.03 bits per heavy atom. The van der Waals surface area contributed by atoms with Crippen molar-refractivity contribution in [1.29, 1.82) is 0 Å². The third-order valence-electron chi connectivity index (χ3n) is 4.68. The van der Waals surface area contributed by atoms with Crippen molar-refractivity contribution >= 4 is 24.6 Å². The number of aliphatic imine (C=N–C) groups is 2. The molecular weight excluding hydrogens is 451 g/mol. The molecule has 29 heavy (non-hydrogen) atoms. The van der Waals surface area contributed by atoms with Crippen LogP contribution in [0, 0.1) is 27.7 Å². The molecule has 152 valence electrons. The van der Waals surface area contributed by atoms with E-state index in [9.17, 15) is 0 Å². The molecule has 0 N–H and O–H groups in total. The molecule has 0 bridgehead atoms. The fourth-order valence-corrected chi connectivity index (χ4v) is 3.08. The quantitative estimate of drug-likeness (QED) is 0.555. The summed E-state index contributed by atoms with van der Waals surface area (Å²) in [5.74, 6) is 0. The van der Waals surface area contributed by atoms with Crippen LogP contribution in [0.25, 0.3) is 12.2 Å². The van der Waals surface area contributed by atoms with Crippen LogP contribution in [0.5, 0.6) is 0 Å². The summed E-state index contributed by atoms with van der Waals surface area (Å²) in [7, 11) is 0. The second kappa shape index (κ2) is 9.83. The van der Waals surface area contributed by atoms with E-state index in [2.05, 4.69) is 59.8 Å². The van der Waals surface area contributed by atoms with Crippen molar-refractivity contribution in [3.05, 3.63) is 80.7 Å². The summed E-state index contributed by atoms with van der Waals surface area (Å²) >= 11 is 0. The molecule has 0 saturated heterocycles. The first-order chi connectivity index (χ1) is 13.3. The molecule has 4 rings (SSSR count). The standard InChI is InChI=1S/2C12H13N2.Pd/c2*1-8-4-5-13-11(8)7-12-9(2)6-10(3)14-12;/h2*4-7H,1-3H3;/q2*-1;+2/b2*11-7-;. The minimum atomic E-state index is 0. The third kappa shape index (κ3) is 5.76. The van der Waals surface area contributed by atoms with Crippen molar-refractivity contribution in [1.82, 2.24) is 9.97 Å². The molecule has 0 spiro atoms. The summed E-state index contributed by atoms with van der Waals surface area (Å²) in [6.07, 6.45) is 11.8. The summed E-state index contributed by atoms with van der Waals surface area (Å²) in [5.41, 5.74) is 11.1. The van der Waals surface area contributed by atoms with E-state index in [4.69, 9.17) is 0 Å². The van der Waals surface area contributed by atoms with Gasteiger partial charge in [-0.05, 0) is 51.0 Å². The Kier molecular flexibility index (Phi) is 7.73. The van der Waals surface area contributed by atoms with Crippen LogP contribution in [0.15, 0.2) is 56.8 Å². The molecule has 2 aromatic heterocycles. The van der Waals surface area contributed by atoms with Gasteiger partial charge in [0.25, 0.3) is 0 Å². The average Bonchev–Trinajstić information content (AvgIpc) is 3.36. The number of hydrogen-bond acceptors (Lipinski definition) is 2. The van der Waals surface area contributed by atoms with Gasteiger partial charge in [-0.2, -0.15) is 11.4 Å². The summed E-state index contributed by atoms with van der Waals surface area (Å²) in [4.78, 5) is 17.4. The summed E-state index contributed by atoms with van der Waals surface area (Å²) < 4.78 is 0. The molecule has 0 amide bonds. The molecule has 0 saturated carbocycles. The van der Waals surface area contributed by atoms with Crippen molar-refractivity contribution in [2.24, 2.45) is 9.98 Å². The van der Waals surface area contributed by atoms with Crippen LogP contribution in [0.1, 0.15) is 47.8 Å². The molecule has 4 nitrogen and oxygen atoms in total. The Morgan fingerprint density at radius 1 is 0.655 bits per heavy atom. The molecule has 2 aliphatic heterocycles. The summed E-state index contributed by atoms with van der Waals surface area (Å²) in [5, 5.41) is 0. The second-order valence-corrected chi connectivity index (χ2v) is 7.25. The van der Waals surface area contributed by atoms with Crippen LogP contribution in [0.4, 0.5) is 0 Å². The molecular formula is C24H26N4Pd. The molecule has 0 fully saturated rings. The van der Waals surface area contributed by atoms with Crippen molar-refractivity contribution < 1.29 is 20.4 Å². The van der Waals surface area contributed by atoms with Gasteiger partial charge < -0.3 is 9.97 Å². The normalized spacial score (nSPS) is 17.3. The zero-order valence-corrected chi connectivity index (χ0v) is 19.3. The van der Waals surface area contributed by atoms with E-state index >= 15 is 0 Å². The van der Waals surface area contributed by atoms with Gasteiger partial charge in [-0.25, -0.2) is 0 Å². The first-order valence-electron chi connectivity index (χ1n) is 9.41. The molecule has 0 unspecified atom stereocenters. The number of aryl methyl sites for hydroxylation is 4. The van der Waals surface area contributed by atoms with E-state index in [1.54, 1.807) is 0 Å². The van der Waals surface area contributed by atoms with Crippen LogP contribution < -0.4 is 9.97 Å². The smallest absolute Gasteiger partial charge is 0.661 e. The summed E-state index contributed by atoms with van der Waals surface area (Å²) in [6.45, 7) is 12.3. The topological polar surface area (TPSA) is 52.9 Å². The Balaban J connectivity index is 0.000000200. The number of nitrogens with zero attached hydrogens (tertiary/aromatic N) is 4. The fraction of sp³-hybridized carbons (Fsp3) is 0.250. The minimum Gasteiger partial charge on any atom is -0.661 e. The third-order valence-corrected chi connectivity index (χ3v) is 4.68. The fourth-order valence-electron chi connectivity index (χ4n) is 3.08. The van der Waals surface area contributed by atoms with Crippen LogP contribution in [-0.2, 0) is 20.4 Å². The molecule has 5 heteroatoms. The molecule has 0 aliphatic carbocycles. The zero-order chi connectivity index (χ0) is 20.3.